The Kier molecular flexibility index (Phi) is 33.7. The molecule has 16 rings (SSSR count). The third kappa shape index (κ3) is 25.3. The first-order valence-electron chi connectivity index (χ1n) is 46.2. The van der Waals surface area contributed by atoms with Crippen molar-refractivity contribution in [3.05, 3.63) is 409 Å². The van der Waals surface area contributed by atoms with Gasteiger partial charge < -0.3 is 14.9 Å². The number of rotatable bonds is 25. The maximum atomic E-state index is 12.1. The number of phenolic OH excluding ortho intramolecular Hbond substituents is 2. The van der Waals surface area contributed by atoms with E-state index in [-0.39, 0.29) is 47.3 Å². The van der Waals surface area contributed by atoms with Crippen LogP contribution in [0.4, 0.5) is 0 Å². The Labute approximate surface area is 777 Å². The smallest absolute Gasteiger partial charge is 0.159 e. The van der Waals surface area contributed by atoms with Gasteiger partial charge in [-0.15, -0.1) is 0 Å². The Bertz CT molecular complexity index is 5650. The highest BCUT2D eigenvalue weighted by atomic mass is 35.5. The fourth-order valence-electron chi connectivity index (χ4n) is 19.4. The van der Waals surface area contributed by atoms with Gasteiger partial charge in [0.2, 0.25) is 0 Å². The number of ether oxygens (including phenoxy) is 1. The molecule has 0 aromatic heterocycles. The van der Waals surface area contributed by atoms with Crippen LogP contribution in [0.25, 0.3) is 0 Å². The largest absolute Gasteiger partial charge is 0.508 e. The number of benzene rings is 12. The highest BCUT2D eigenvalue weighted by Gasteiger charge is 2.40. The molecule has 0 bridgehead atoms. The molecule has 4 heterocycles. The first-order valence-corrected chi connectivity index (χ1v) is 46.6. The van der Waals surface area contributed by atoms with Gasteiger partial charge in [0, 0.05) is 154 Å². The van der Waals surface area contributed by atoms with E-state index in [4.69, 9.17) is 16.3 Å². The van der Waals surface area contributed by atoms with Crippen LogP contribution in [0.1, 0.15) is 221 Å². The number of piperazine rings is 4. The van der Waals surface area contributed by atoms with Crippen LogP contribution in [0, 0.1) is 6.92 Å². The minimum absolute atomic E-state index is 0.0949. The number of hydrogen-bond acceptors (Lipinski definition) is 15. The molecule has 676 valence electrons. The molecular weight excluding hydrogens is 1630 g/mol. The summed E-state index contributed by atoms with van der Waals surface area (Å²) in [7, 11) is 1.70. The number of methoxy groups -OCH3 is 1. The molecule has 15 nitrogen and oxygen atoms in total. The molecule has 0 radical (unpaired) electrons. The van der Waals surface area contributed by atoms with Gasteiger partial charge in [-0.2, -0.15) is 0 Å². The molecule has 4 fully saturated rings. The Morgan fingerprint density at radius 2 is 0.569 bits per heavy atom. The summed E-state index contributed by atoms with van der Waals surface area (Å²) in [5, 5.41) is 20.0. The van der Waals surface area contributed by atoms with E-state index in [1.54, 1.807) is 59.1 Å². The monoisotopic (exact) mass is 1760 g/mol. The Morgan fingerprint density at radius 3 is 0.885 bits per heavy atom. The summed E-state index contributed by atoms with van der Waals surface area (Å²) in [6.07, 6.45) is 0. The first kappa shape index (κ1) is 96.3. The zero-order valence-electron chi connectivity index (χ0n) is 78.2. The van der Waals surface area contributed by atoms with Crippen molar-refractivity contribution in [3.63, 3.8) is 0 Å². The number of aryl methyl sites for hydroxylation is 1. The minimum Gasteiger partial charge on any atom is -0.508 e. The molecule has 12 aromatic rings. The van der Waals surface area contributed by atoms with Crippen molar-refractivity contribution in [2.75, 3.05) is 59.5 Å². The lowest BCUT2D eigenvalue weighted by molar-refractivity contribution is 0.0195. The molecule has 4 aliphatic rings. The standard InChI is InChI=1S/2C29H34N2O2.C28H31ClN2O.C28H32N2O2/c1-20-7-5-9-26(15-20)29(27-10-6-8-25(16-27)23(4)32)31-18-21(2)30(17-22(31)3)19-24-11-13-28(33)14-12-24;1-21-19-31(22(2)18-30(21)20-24-10-16-28(33-4)17-11-24)29(26-8-6-5-7-9-26)27-14-12-25(13-15-27)23(3)32;1-20-18-31(21(2)17-30(20)19-23-8-7-11-27(29)16-23)28(25-9-5-4-6-10-25)26-14-12-24(13-15-26)22(3)32;1-20-18-30(21(2)17-29(20)19-23-12-14-27(32)15-13-23)28(24-8-5-4-6-9-24)26-11-7-10-25(16-26)22(3)31/h5-16,21-22,29,33H,17-19H2,1-4H3;5-17,21-22,29H,18-20H2,1-4H3;4-16,20-21,28H,17-19H2,1-3H3;4-16,20-21,28,32H,17-19H2,1-3H3/t2*21-,22+,29+;2*20-,21+,28+/m1111/s1. The summed E-state index contributed by atoms with van der Waals surface area (Å²) in [6, 6.07) is 108. The van der Waals surface area contributed by atoms with Gasteiger partial charge >= 0.3 is 0 Å². The van der Waals surface area contributed by atoms with Crippen LogP contribution in [0.15, 0.2) is 309 Å². The lowest BCUT2D eigenvalue weighted by atomic mass is 9.91. The summed E-state index contributed by atoms with van der Waals surface area (Å²) in [4.78, 5) is 68.3. The minimum atomic E-state index is 0.0949. The fourth-order valence-corrected chi connectivity index (χ4v) is 19.6. The van der Waals surface area contributed by atoms with Gasteiger partial charge in [0.1, 0.15) is 17.2 Å². The van der Waals surface area contributed by atoms with Crippen molar-refractivity contribution in [2.45, 2.75) is 189 Å². The topological polar surface area (TPSA) is 144 Å². The van der Waals surface area contributed by atoms with Gasteiger partial charge in [-0.05, 0) is 217 Å². The van der Waals surface area contributed by atoms with Crippen molar-refractivity contribution < 1.29 is 34.1 Å². The molecule has 12 atom stereocenters. The molecule has 4 aliphatic heterocycles. The Morgan fingerprint density at radius 1 is 0.292 bits per heavy atom. The van der Waals surface area contributed by atoms with E-state index in [1.807, 2.05) is 103 Å². The van der Waals surface area contributed by atoms with Gasteiger partial charge in [0.25, 0.3) is 0 Å². The molecule has 0 amide bonds. The number of ketones is 4. The zero-order chi connectivity index (χ0) is 92.2. The Balaban J connectivity index is 0.000000148. The maximum absolute atomic E-state index is 12.1. The number of hydrogen-bond donors (Lipinski definition) is 2. The molecule has 0 saturated carbocycles. The number of carbonyl (C=O) groups excluding carboxylic acids is 4. The van der Waals surface area contributed by atoms with Crippen molar-refractivity contribution in [3.8, 4) is 17.2 Å². The molecule has 130 heavy (non-hydrogen) atoms. The van der Waals surface area contributed by atoms with Gasteiger partial charge in [-0.3, -0.25) is 58.4 Å². The van der Waals surface area contributed by atoms with E-state index in [1.165, 1.54) is 66.8 Å². The summed E-state index contributed by atoms with van der Waals surface area (Å²) in [5.74, 6) is 1.90. The predicted octanol–water partition coefficient (Wildman–Crippen LogP) is 22.7. The molecule has 16 heteroatoms. The number of halogens is 1. The van der Waals surface area contributed by atoms with E-state index in [9.17, 15) is 29.4 Å². The van der Waals surface area contributed by atoms with E-state index in [0.717, 1.165) is 117 Å². The second-order valence-electron chi connectivity index (χ2n) is 36.6. The number of aromatic hydroxyl groups is 2. The Hall–Kier alpha value is -11.3. The number of Topliss-reactive ketones (excluding diaryl/α,β-unsaturated/α-hetero) is 4. The normalized spacial score (nSPS) is 20.6. The van der Waals surface area contributed by atoms with Crippen LogP contribution in [0.3, 0.4) is 0 Å². The van der Waals surface area contributed by atoms with Gasteiger partial charge in [0.15, 0.2) is 23.1 Å². The molecular formula is C114H131ClN8O7. The molecule has 0 unspecified atom stereocenters. The van der Waals surface area contributed by atoms with Crippen molar-refractivity contribution in [1.29, 1.82) is 0 Å². The summed E-state index contributed by atoms with van der Waals surface area (Å²) < 4.78 is 5.30. The van der Waals surface area contributed by atoms with Crippen LogP contribution >= 0.6 is 11.6 Å². The van der Waals surface area contributed by atoms with Gasteiger partial charge in [-0.1, -0.05) is 266 Å². The van der Waals surface area contributed by atoms with Crippen molar-refractivity contribution >= 4 is 34.7 Å². The lowest BCUT2D eigenvalue weighted by Gasteiger charge is -2.48. The van der Waals surface area contributed by atoms with Crippen molar-refractivity contribution in [1.82, 2.24) is 39.2 Å². The second kappa shape index (κ2) is 45.5. The van der Waals surface area contributed by atoms with Crippen LogP contribution < -0.4 is 4.74 Å². The zero-order valence-corrected chi connectivity index (χ0v) is 79.0. The quantitative estimate of drug-likeness (QED) is 0.0523. The molecule has 12 aromatic carbocycles. The highest BCUT2D eigenvalue weighted by molar-refractivity contribution is 6.30. The number of nitrogens with zero attached hydrogens (tertiary/aromatic N) is 8. The summed E-state index contributed by atoms with van der Waals surface area (Å²) in [5.41, 5.74) is 19.1. The molecule has 2 N–H and O–H groups in total. The molecule has 0 spiro atoms. The van der Waals surface area contributed by atoms with Crippen LogP contribution in [0.2, 0.25) is 5.02 Å². The third-order valence-electron chi connectivity index (χ3n) is 26.6. The average Bonchev–Trinajstić information content (AvgIpc) is 0.789. The van der Waals surface area contributed by atoms with Crippen LogP contribution in [-0.2, 0) is 26.2 Å². The first-order chi connectivity index (χ1) is 62.6. The summed E-state index contributed by atoms with van der Waals surface area (Å²) in [6.45, 7) is 38.4. The van der Waals surface area contributed by atoms with E-state index < -0.39 is 0 Å². The predicted molar refractivity (Wildman–Crippen MR) is 528 cm³/mol. The van der Waals surface area contributed by atoms with Gasteiger partial charge in [-0.25, -0.2) is 0 Å². The molecule has 4 saturated heterocycles. The van der Waals surface area contributed by atoms with Crippen molar-refractivity contribution in [2.24, 2.45) is 0 Å². The van der Waals surface area contributed by atoms with Gasteiger partial charge in [0.05, 0.1) is 31.3 Å². The fraction of sp³-hybridized carbons (Fsp3) is 0.333. The highest BCUT2D eigenvalue weighted by Crippen LogP contribution is 2.40. The second-order valence-corrected chi connectivity index (χ2v) is 37.0. The van der Waals surface area contributed by atoms with Crippen LogP contribution in [-0.4, -0.2) is 180 Å². The average molecular weight is 1760 g/mol. The van der Waals surface area contributed by atoms with E-state index >= 15 is 0 Å². The third-order valence-corrected chi connectivity index (χ3v) is 26.9. The van der Waals surface area contributed by atoms with E-state index in [2.05, 4.69) is 284 Å². The molecule has 0 aliphatic carbocycles. The number of carbonyl (C=O) groups is 4. The number of phenols is 2. The van der Waals surface area contributed by atoms with Crippen LogP contribution in [0.5, 0.6) is 17.2 Å². The maximum Gasteiger partial charge on any atom is 0.159 e. The SMILES string of the molecule is CC(=O)c1ccc([C@H](c2ccccc2)N2C[C@@H](C)N(Cc3cccc(Cl)c3)C[C@@H]2C)cc1.CC(=O)c1cccc([C@H](c2cccc(C)c2)N2C[C@@H](C)N(Cc3ccc(O)cc3)C[C@@H]2C)c1.CC(=O)c1cccc([C@H](c2ccccc2)N2C[C@@H](C)N(Cc3ccc(O)cc3)C[C@@H]2C)c1.COc1ccc(CN2C[C@H](C)N([C@@H](c3ccccc3)c3ccc(C(C)=O)cc3)C[C@H]2C)cc1. The van der Waals surface area contributed by atoms with E-state index in [0.29, 0.717) is 59.8 Å². The summed E-state index contributed by atoms with van der Waals surface area (Å²) >= 11 is 6.21. The lowest BCUT2D eigenvalue weighted by Crippen LogP contribution is -2.56.